The first-order valence-electron chi connectivity index (χ1n) is 8.63. The molecule has 0 saturated heterocycles. The molecule has 150 valence electrons. The maximum atomic E-state index is 14.4. The van der Waals surface area contributed by atoms with Gasteiger partial charge in [-0.25, -0.2) is 36.3 Å². The second kappa shape index (κ2) is 8.46. The van der Waals surface area contributed by atoms with Crippen LogP contribution in [0.2, 0.25) is 0 Å². The zero-order valence-corrected chi connectivity index (χ0v) is 15.1. The second-order valence-electron chi connectivity index (χ2n) is 6.24. The molecule has 0 radical (unpaired) electrons. The molecule has 1 heterocycles. The van der Waals surface area contributed by atoms with Crippen LogP contribution in [0.15, 0.2) is 42.7 Å². The molecule has 0 unspecified atom stereocenters. The van der Waals surface area contributed by atoms with Gasteiger partial charge in [0, 0.05) is 29.1 Å². The Morgan fingerprint density at radius 2 is 1.45 bits per heavy atom. The molecule has 0 bridgehead atoms. The molecule has 0 atom stereocenters. The predicted molar refractivity (Wildman–Crippen MR) is 96.8 cm³/mol. The second-order valence-corrected chi connectivity index (χ2v) is 6.24. The molecular formula is C21H14F6N2. The number of hydrogen-bond donors (Lipinski definition) is 0. The highest BCUT2D eigenvalue weighted by Gasteiger charge is 2.19. The fourth-order valence-electron chi connectivity index (χ4n) is 2.68. The van der Waals surface area contributed by atoms with Gasteiger partial charge in [0.25, 0.3) is 0 Å². The molecule has 0 amide bonds. The van der Waals surface area contributed by atoms with Gasteiger partial charge in [-0.15, -0.1) is 0 Å². The van der Waals surface area contributed by atoms with E-state index in [0.29, 0.717) is 0 Å². The van der Waals surface area contributed by atoms with Crippen molar-refractivity contribution in [2.75, 3.05) is 0 Å². The number of aromatic nitrogens is 2. The van der Waals surface area contributed by atoms with Crippen LogP contribution in [0.3, 0.4) is 0 Å². The Morgan fingerprint density at radius 1 is 0.828 bits per heavy atom. The molecule has 1 aromatic heterocycles. The SMILES string of the molecule is CCCc1cnc(-c2ccc(/C(F)=C(\F)c3cc(F)c(F)c(F)c3)c(F)c2)nc1. The Balaban J connectivity index is 1.96. The van der Waals surface area contributed by atoms with Gasteiger partial charge in [-0.3, -0.25) is 0 Å². The van der Waals surface area contributed by atoms with Gasteiger partial charge < -0.3 is 0 Å². The Morgan fingerprint density at radius 3 is 2.00 bits per heavy atom. The normalized spacial score (nSPS) is 12.1. The minimum Gasteiger partial charge on any atom is -0.236 e. The van der Waals surface area contributed by atoms with Crippen molar-refractivity contribution >= 4 is 11.7 Å². The molecule has 0 aliphatic heterocycles. The first kappa shape index (κ1) is 20.6. The van der Waals surface area contributed by atoms with Crippen LogP contribution in [0.25, 0.3) is 23.0 Å². The zero-order chi connectivity index (χ0) is 21.1. The van der Waals surface area contributed by atoms with Crippen LogP contribution in [0.4, 0.5) is 26.3 Å². The third-order valence-corrected chi connectivity index (χ3v) is 4.14. The summed E-state index contributed by atoms with van der Waals surface area (Å²) in [7, 11) is 0. The lowest BCUT2D eigenvalue weighted by Crippen LogP contribution is -1.96. The molecule has 0 aliphatic rings. The van der Waals surface area contributed by atoms with Gasteiger partial charge in [-0.05, 0) is 36.2 Å². The van der Waals surface area contributed by atoms with Crippen molar-refractivity contribution in [3.63, 3.8) is 0 Å². The van der Waals surface area contributed by atoms with Crippen LogP contribution in [-0.4, -0.2) is 9.97 Å². The first-order chi connectivity index (χ1) is 13.8. The molecule has 0 aliphatic carbocycles. The molecule has 3 aromatic rings. The largest absolute Gasteiger partial charge is 0.236 e. The van der Waals surface area contributed by atoms with E-state index in [0.717, 1.165) is 30.5 Å². The molecule has 29 heavy (non-hydrogen) atoms. The Kier molecular flexibility index (Phi) is 6.00. The lowest BCUT2D eigenvalue weighted by molar-refractivity contribution is 0.446. The third kappa shape index (κ3) is 4.31. The van der Waals surface area contributed by atoms with E-state index in [1.54, 1.807) is 12.4 Å². The average molecular weight is 408 g/mol. The zero-order valence-electron chi connectivity index (χ0n) is 15.1. The van der Waals surface area contributed by atoms with Gasteiger partial charge in [-0.2, -0.15) is 0 Å². The van der Waals surface area contributed by atoms with Gasteiger partial charge >= 0.3 is 0 Å². The van der Waals surface area contributed by atoms with Crippen molar-refractivity contribution in [2.45, 2.75) is 19.8 Å². The number of rotatable bonds is 5. The topological polar surface area (TPSA) is 25.8 Å². The van der Waals surface area contributed by atoms with Gasteiger partial charge in [0.1, 0.15) is 5.82 Å². The van der Waals surface area contributed by atoms with E-state index in [2.05, 4.69) is 9.97 Å². The molecule has 0 N–H and O–H groups in total. The maximum Gasteiger partial charge on any atom is 0.194 e. The van der Waals surface area contributed by atoms with Crippen molar-refractivity contribution in [3.8, 4) is 11.4 Å². The highest BCUT2D eigenvalue weighted by molar-refractivity contribution is 5.83. The fraction of sp³-hybridized carbons (Fsp3) is 0.143. The van der Waals surface area contributed by atoms with E-state index in [1.807, 2.05) is 6.92 Å². The van der Waals surface area contributed by atoms with Crippen LogP contribution >= 0.6 is 0 Å². The molecule has 8 heteroatoms. The van der Waals surface area contributed by atoms with E-state index in [4.69, 9.17) is 0 Å². The van der Waals surface area contributed by atoms with Crippen molar-refractivity contribution in [1.29, 1.82) is 0 Å². The number of hydrogen-bond acceptors (Lipinski definition) is 2. The summed E-state index contributed by atoms with van der Waals surface area (Å²) in [6, 6.07) is 3.73. The van der Waals surface area contributed by atoms with Crippen molar-refractivity contribution in [2.24, 2.45) is 0 Å². The number of benzene rings is 2. The Labute approximate surface area is 162 Å². The Hall–Kier alpha value is -3.16. The predicted octanol–water partition coefficient (Wildman–Crippen LogP) is 6.42. The van der Waals surface area contributed by atoms with Crippen molar-refractivity contribution < 1.29 is 26.3 Å². The lowest BCUT2D eigenvalue weighted by atomic mass is 10.1. The van der Waals surface area contributed by atoms with Gasteiger partial charge in [0.15, 0.2) is 34.9 Å². The smallest absolute Gasteiger partial charge is 0.194 e. The third-order valence-electron chi connectivity index (χ3n) is 4.14. The lowest BCUT2D eigenvalue weighted by Gasteiger charge is -2.07. The van der Waals surface area contributed by atoms with Gasteiger partial charge in [0.05, 0.1) is 0 Å². The van der Waals surface area contributed by atoms with Crippen molar-refractivity contribution in [3.05, 3.63) is 82.7 Å². The standard InChI is InChI=1S/C21H14F6N2/c1-2-3-11-9-28-21(29-10-11)12-4-5-14(15(22)6-12)19(26)18(25)13-7-16(23)20(27)17(24)8-13/h4-10H,2-3H2,1H3/b19-18+. The minimum absolute atomic E-state index is 0.197. The average Bonchev–Trinajstić information content (AvgIpc) is 2.71. The van der Waals surface area contributed by atoms with E-state index < -0.39 is 46.0 Å². The van der Waals surface area contributed by atoms with Crippen LogP contribution < -0.4 is 0 Å². The molecule has 2 nitrogen and oxygen atoms in total. The highest BCUT2D eigenvalue weighted by atomic mass is 19.2. The summed E-state index contributed by atoms with van der Waals surface area (Å²) in [4.78, 5) is 8.23. The van der Waals surface area contributed by atoms with E-state index in [-0.39, 0.29) is 23.5 Å². The van der Waals surface area contributed by atoms with Gasteiger partial charge in [0.2, 0.25) is 0 Å². The molecular weight excluding hydrogens is 394 g/mol. The maximum absolute atomic E-state index is 14.4. The monoisotopic (exact) mass is 408 g/mol. The van der Waals surface area contributed by atoms with E-state index >= 15 is 0 Å². The van der Waals surface area contributed by atoms with Crippen LogP contribution in [0.5, 0.6) is 0 Å². The molecule has 3 rings (SSSR count). The van der Waals surface area contributed by atoms with E-state index in [9.17, 15) is 26.3 Å². The first-order valence-corrected chi connectivity index (χ1v) is 8.63. The van der Waals surface area contributed by atoms with E-state index in [1.165, 1.54) is 6.07 Å². The fourth-order valence-corrected chi connectivity index (χ4v) is 2.68. The molecule has 0 spiro atoms. The summed E-state index contributed by atoms with van der Waals surface area (Å²) in [6.45, 7) is 2.00. The minimum atomic E-state index is -1.82. The Bertz CT molecular complexity index is 1050. The number of aryl methyl sites for hydroxylation is 1. The summed E-state index contributed by atoms with van der Waals surface area (Å²) >= 11 is 0. The quantitative estimate of drug-likeness (QED) is 0.277. The van der Waals surface area contributed by atoms with Crippen LogP contribution in [0.1, 0.15) is 30.0 Å². The highest BCUT2D eigenvalue weighted by Crippen LogP contribution is 2.32. The van der Waals surface area contributed by atoms with Crippen molar-refractivity contribution in [1.82, 2.24) is 9.97 Å². The van der Waals surface area contributed by atoms with Crippen LogP contribution in [-0.2, 0) is 6.42 Å². The van der Waals surface area contributed by atoms with Gasteiger partial charge in [-0.1, -0.05) is 19.4 Å². The summed E-state index contributed by atoms with van der Waals surface area (Å²) in [6.07, 6.45) is 4.88. The summed E-state index contributed by atoms with van der Waals surface area (Å²) in [5.41, 5.74) is -0.513. The summed E-state index contributed by atoms with van der Waals surface area (Å²) in [5.74, 6) is -9.54. The summed E-state index contributed by atoms with van der Waals surface area (Å²) < 4.78 is 82.5. The summed E-state index contributed by atoms with van der Waals surface area (Å²) in [5, 5.41) is 0. The molecule has 0 saturated carbocycles. The molecule has 0 fully saturated rings. The number of nitrogens with zero attached hydrogens (tertiary/aromatic N) is 2. The van der Waals surface area contributed by atoms with Crippen LogP contribution in [0, 0.1) is 23.3 Å². The molecule has 2 aromatic carbocycles. The number of halogens is 6.